The zero-order chi connectivity index (χ0) is 17.1. The molecule has 0 atom stereocenters. The highest BCUT2D eigenvalue weighted by atomic mass is 35.5. The summed E-state index contributed by atoms with van der Waals surface area (Å²) >= 11 is 5.89. The van der Waals surface area contributed by atoms with E-state index in [1.54, 1.807) is 34.1 Å². The number of aromatic nitrogens is 2. The third-order valence-corrected chi connectivity index (χ3v) is 3.99. The van der Waals surface area contributed by atoms with Crippen LogP contribution in [-0.4, -0.2) is 57.9 Å². The van der Waals surface area contributed by atoms with Gasteiger partial charge in [0, 0.05) is 43.1 Å². The Labute approximate surface area is 142 Å². The van der Waals surface area contributed by atoms with Gasteiger partial charge in [-0.2, -0.15) is 0 Å². The van der Waals surface area contributed by atoms with Gasteiger partial charge in [-0.05, 0) is 18.2 Å². The normalized spacial score (nSPS) is 14.5. The van der Waals surface area contributed by atoms with Gasteiger partial charge in [-0.1, -0.05) is 17.7 Å². The summed E-state index contributed by atoms with van der Waals surface area (Å²) < 4.78 is 0. The average Bonchev–Trinajstić information content (AvgIpc) is 3.01. The fourth-order valence-corrected chi connectivity index (χ4v) is 2.69. The molecular formula is C15H16ClN5O3. The maximum atomic E-state index is 12.2. The van der Waals surface area contributed by atoms with Crippen molar-refractivity contribution < 1.29 is 9.59 Å². The number of rotatable bonds is 2. The minimum atomic E-state index is -0.419. The van der Waals surface area contributed by atoms with Crippen molar-refractivity contribution >= 4 is 29.2 Å². The predicted molar refractivity (Wildman–Crippen MR) is 89.4 cm³/mol. The number of halogens is 1. The minimum Gasteiger partial charge on any atom is -0.334 e. The lowest BCUT2D eigenvalue weighted by atomic mass is 10.3. The van der Waals surface area contributed by atoms with E-state index in [9.17, 15) is 14.4 Å². The van der Waals surface area contributed by atoms with Gasteiger partial charge in [-0.25, -0.2) is 9.59 Å². The van der Waals surface area contributed by atoms with Crippen LogP contribution in [-0.2, 0) is 0 Å². The zero-order valence-corrected chi connectivity index (χ0v) is 13.5. The summed E-state index contributed by atoms with van der Waals surface area (Å²) in [5.74, 6) is -0.261. The molecular weight excluding hydrogens is 334 g/mol. The van der Waals surface area contributed by atoms with Crippen LogP contribution in [0, 0.1) is 0 Å². The van der Waals surface area contributed by atoms with E-state index in [0.29, 0.717) is 36.9 Å². The van der Waals surface area contributed by atoms with Gasteiger partial charge in [0.25, 0.3) is 5.91 Å². The second-order valence-corrected chi connectivity index (χ2v) is 5.81. The van der Waals surface area contributed by atoms with Crippen molar-refractivity contribution in [3.05, 3.63) is 51.7 Å². The van der Waals surface area contributed by atoms with Crippen LogP contribution in [0.3, 0.4) is 0 Å². The lowest BCUT2D eigenvalue weighted by Gasteiger charge is -2.34. The van der Waals surface area contributed by atoms with E-state index in [4.69, 9.17) is 11.6 Å². The number of imidazole rings is 1. The number of amides is 3. The first-order valence-electron chi connectivity index (χ1n) is 7.41. The molecule has 9 heteroatoms. The molecule has 0 unspecified atom stereocenters. The molecule has 24 heavy (non-hydrogen) atoms. The molecule has 1 fully saturated rings. The van der Waals surface area contributed by atoms with Crippen LogP contribution in [0.5, 0.6) is 0 Å². The average molecular weight is 350 g/mol. The number of anilines is 1. The quantitative estimate of drug-likeness (QED) is 0.762. The zero-order valence-electron chi connectivity index (χ0n) is 12.7. The lowest BCUT2D eigenvalue weighted by Crippen LogP contribution is -2.51. The van der Waals surface area contributed by atoms with E-state index in [0.717, 1.165) is 0 Å². The van der Waals surface area contributed by atoms with Gasteiger partial charge in [0.05, 0.1) is 0 Å². The number of H-pyrrole nitrogens is 2. The Balaban J connectivity index is 1.55. The number of carbonyl (C=O) groups excluding carboxylic acids is 2. The number of hydrogen-bond acceptors (Lipinski definition) is 3. The van der Waals surface area contributed by atoms with Crippen LogP contribution in [0.15, 0.2) is 35.3 Å². The number of nitrogens with one attached hydrogen (secondary N) is 3. The van der Waals surface area contributed by atoms with E-state index < -0.39 is 5.69 Å². The predicted octanol–water partition coefficient (Wildman–Crippen LogP) is 1.35. The molecule has 0 saturated carbocycles. The number of urea groups is 1. The summed E-state index contributed by atoms with van der Waals surface area (Å²) in [5, 5.41) is 3.32. The van der Waals surface area contributed by atoms with Crippen LogP contribution in [0.4, 0.5) is 10.5 Å². The number of aromatic amines is 2. The maximum Gasteiger partial charge on any atom is 0.323 e. The van der Waals surface area contributed by atoms with Gasteiger partial charge in [0.15, 0.2) is 0 Å². The molecule has 1 saturated heterocycles. The summed E-state index contributed by atoms with van der Waals surface area (Å²) in [6, 6.07) is 6.67. The van der Waals surface area contributed by atoms with Crippen LogP contribution in [0.1, 0.15) is 10.5 Å². The molecule has 0 spiro atoms. The highest BCUT2D eigenvalue weighted by Crippen LogP contribution is 2.16. The molecule has 2 aromatic rings. The molecule has 1 aromatic carbocycles. The lowest BCUT2D eigenvalue weighted by molar-refractivity contribution is 0.0666. The molecule has 3 N–H and O–H groups in total. The van der Waals surface area contributed by atoms with Gasteiger partial charge in [0.2, 0.25) is 0 Å². The van der Waals surface area contributed by atoms with Crippen molar-refractivity contribution in [1.29, 1.82) is 0 Å². The van der Waals surface area contributed by atoms with Crippen molar-refractivity contribution in [2.75, 3.05) is 31.5 Å². The van der Waals surface area contributed by atoms with Crippen molar-refractivity contribution in [3.63, 3.8) is 0 Å². The maximum absolute atomic E-state index is 12.2. The highest BCUT2D eigenvalue weighted by molar-refractivity contribution is 6.30. The number of piperazine rings is 1. The number of carbonyl (C=O) groups is 2. The molecule has 1 aliphatic rings. The highest BCUT2D eigenvalue weighted by Gasteiger charge is 2.25. The molecule has 126 valence electrons. The van der Waals surface area contributed by atoms with E-state index in [2.05, 4.69) is 15.3 Å². The standard InChI is InChI=1S/C15H16ClN5O3/c16-10-2-1-3-11(8-10)18-15(24)21-6-4-20(5-7-21)13(22)12-9-17-14(23)19-12/h1-3,8-9H,4-7H2,(H,18,24)(H2,17,19,23). The van der Waals surface area contributed by atoms with Gasteiger partial charge in [-0.3, -0.25) is 4.79 Å². The van der Waals surface area contributed by atoms with E-state index in [-0.39, 0.29) is 17.6 Å². The second kappa shape index (κ2) is 6.79. The topological polar surface area (TPSA) is 101 Å². The molecule has 3 rings (SSSR count). The Bertz CT molecular complexity index is 807. The second-order valence-electron chi connectivity index (χ2n) is 5.38. The minimum absolute atomic E-state index is 0.219. The number of nitrogens with zero attached hydrogens (tertiary/aromatic N) is 2. The molecule has 0 radical (unpaired) electrons. The van der Waals surface area contributed by atoms with Crippen LogP contribution < -0.4 is 11.0 Å². The van der Waals surface area contributed by atoms with Crippen molar-refractivity contribution in [2.24, 2.45) is 0 Å². The molecule has 1 aliphatic heterocycles. The first-order chi connectivity index (χ1) is 11.5. The Morgan fingerprint density at radius 2 is 1.83 bits per heavy atom. The smallest absolute Gasteiger partial charge is 0.323 e. The van der Waals surface area contributed by atoms with Gasteiger partial charge < -0.3 is 25.1 Å². The first-order valence-corrected chi connectivity index (χ1v) is 7.79. The van der Waals surface area contributed by atoms with E-state index >= 15 is 0 Å². The van der Waals surface area contributed by atoms with Crippen LogP contribution in [0.2, 0.25) is 5.02 Å². The van der Waals surface area contributed by atoms with Crippen molar-refractivity contribution in [1.82, 2.24) is 19.8 Å². The summed E-state index contributed by atoms with van der Waals surface area (Å²) in [6.45, 7) is 1.61. The Morgan fingerprint density at radius 1 is 1.12 bits per heavy atom. The van der Waals surface area contributed by atoms with Crippen molar-refractivity contribution in [2.45, 2.75) is 0 Å². The molecule has 0 aliphatic carbocycles. The third-order valence-electron chi connectivity index (χ3n) is 3.76. The van der Waals surface area contributed by atoms with E-state index in [1.807, 2.05) is 0 Å². The van der Waals surface area contributed by atoms with Gasteiger partial charge in [-0.15, -0.1) is 0 Å². The molecule has 0 bridgehead atoms. The molecule has 3 amide bonds. The molecule has 1 aromatic heterocycles. The first kappa shape index (κ1) is 16.1. The van der Waals surface area contributed by atoms with Crippen LogP contribution in [0.25, 0.3) is 0 Å². The number of hydrogen-bond donors (Lipinski definition) is 3. The summed E-state index contributed by atoms with van der Waals surface area (Å²) in [6.07, 6.45) is 1.35. The Hall–Kier alpha value is -2.74. The Kier molecular flexibility index (Phi) is 4.57. The third kappa shape index (κ3) is 3.60. The SMILES string of the molecule is O=C(Nc1cccc(Cl)c1)N1CCN(C(=O)c2c[nH]c(=O)[nH]2)CC1. The summed E-state index contributed by atoms with van der Waals surface area (Å²) in [4.78, 5) is 43.6. The van der Waals surface area contributed by atoms with Crippen LogP contribution >= 0.6 is 11.6 Å². The summed E-state index contributed by atoms with van der Waals surface area (Å²) in [7, 11) is 0. The van der Waals surface area contributed by atoms with Gasteiger partial charge in [0.1, 0.15) is 5.69 Å². The van der Waals surface area contributed by atoms with Gasteiger partial charge >= 0.3 is 11.7 Å². The molecule has 8 nitrogen and oxygen atoms in total. The number of benzene rings is 1. The Morgan fingerprint density at radius 3 is 2.46 bits per heavy atom. The monoisotopic (exact) mass is 349 g/mol. The van der Waals surface area contributed by atoms with E-state index in [1.165, 1.54) is 6.20 Å². The fourth-order valence-electron chi connectivity index (χ4n) is 2.50. The summed E-state index contributed by atoms with van der Waals surface area (Å²) in [5.41, 5.74) is 0.422. The van der Waals surface area contributed by atoms with Crippen molar-refractivity contribution in [3.8, 4) is 0 Å². The fraction of sp³-hybridized carbons (Fsp3) is 0.267. The molecule has 2 heterocycles. The largest absolute Gasteiger partial charge is 0.334 e.